The van der Waals surface area contributed by atoms with Crippen molar-refractivity contribution in [1.82, 2.24) is 0 Å². The highest BCUT2D eigenvalue weighted by atomic mass is 19.1. The predicted molar refractivity (Wildman–Crippen MR) is 74.0 cm³/mol. The summed E-state index contributed by atoms with van der Waals surface area (Å²) in [6, 6.07) is 3.77. The van der Waals surface area contributed by atoms with Gasteiger partial charge in [-0.2, -0.15) is 0 Å². The van der Waals surface area contributed by atoms with Crippen molar-refractivity contribution in [2.45, 2.75) is 26.4 Å². The highest BCUT2D eigenvalue weighted by molar-refractivity contribution is 5.89. The van der Waals surface area contributed by atoms with E-state index < -0.39 is 11.8 Å². The first kappa shape index (κ1) is 14.7. The maximum atomic E-state index is 13.1. The number of hydrogen-bond donors (Lipinski definition) is 1. The molecule has 2 atom stereocenters. The van der Waals surface area contributed by atoms with Gasteiger partial charge in [0, 0.05) is 0 Å². The highest BCUT2D eigenvalue weighted by Gasteiger charge is 2.19. The number of benzene rings is 1. The molecule has 0 saturated heterocycles. The van der Waals surface area contributed by atoms with Crippen LogP contribution in [0.4, 0.5) is 4.39 Å². The van der Waals surface area contributed by atoms with Crippen molar-refractivity contribution in [3.05, 3.63) is 47.3 Å². The van der Waals surface area contributed by atoms with Crippen LogP contribution in [0.5, 0.6) is 0 Å². The summed E-state index contributed by atoms with van der Waals surface area (Å²) in [6.45, 7) is 2.99. The Bertz CT molecular complexity index is 510. The van der Waals surface area contributed by atoms with Gasteiger partial charge >= 0.3 is 5.97 Å². The van der Waals surface area contributed by atoms with E-state index in [2.05, 4.69) is 19.1 Å². The van der Waals surface area contributed by atoms with E-state index in [0.29, 0.717) is 24.0 Å². The number of carbonyl (C=O) groups is 1. The van der Waals surface area contributed by atoms with Crippen LogP contribution in [0.1, 0.15) is 35.7 Å². The lowest BCUT2D eigenvalue weighted by Crippen LogP contribution is -2.19. The Kier molecular flexibility index (Phi) is 4.90. The third-order valence-corrected chi connectivity index (χ3v) is 3.81. The SMILES string of the molecule is CC1CC=CCC1COCc1ccc(F)cc1C(=O)O. The molecule has 2 unspecified atom stereocenters. The minimum absolute atomic E-state index is 0.0263. The third kappa shape index (κ3) is 3.67. The Labute approximate surface area is 118 Å². The van der Waals surface area contributed by atoms with E-state index in [1.807, 2.05) is 0 Å². The fourth-order valence-corrected chi connectivity index (χ4v) is 2.43. The zero-order chi connectivity index (χ0) is 14.5. The summed E-state index contributed by atoms with van der Waals surface area (Å²) in [5.74, 6) is -0.629. The zero-order valence-electron chi connectivity index (χ0n) is 11.5. The molecule has 20 heavy (non-hydrogen) atoms. The molecule has 108 valence electrons. The molecule has 0 amide bonds. The number of carboxylic acid groups (broad SMARTS) is 1. The fourth-order valence-electron chi connectivity index (χ4n) is 2.43. The van der Waals surface area contributed by atoms with E-state index >= 15 is 0 Å². The molecule has 3 nitrogen and oxygen atoms in total. The number of allylic oxidation sites excluding steroid dienone is 2. The van der Waals surface area contributed by atoms with Crippen molar-refractivity contribution in [3.63, 3.8) is 0 Å². The van der Waals surface area contributed by atoms with Crippen LogP contribution in [0.2, 0.25) is 0 Å². The summed E-state index contributed by atoms with van der Waals surface area (Å²) in [4.78, 5) is 11.1. The van der Waals surface area contributed by atoms with Crippen LogP contribution >= 0.6 is 0 Å². The quantitative estimate of drug-likeness (QED) is 0.836. The van der Waals surface area contributed by atoms with Crippen LogP contribution < -0.4 is 0 Å². The summed E-state index contributed by atoms with van der Waals surface area (Å²) in [7, 11) is 0. The van der Waals surface area contributed by atoms with E-state index in [1.165, 1.54) is 12.1 Å². The van der Waals surface area contributed by atoms with Gasteiger partial charge in [0.15, 0.2) is 0 Å². The van der Waals surface area contributed by atoms with Crippen LogP contribution in [0, 0.1) is 17.7 Å². The Balaban J connectivity index is 1.94. The molecule has 1 aromatic carbocycles. The first-order chi connectivity index (χ1) is 9.58. The average Bonchev–Trinajstić information content (AvgIpc) is 2.42. The summed E-state index contributed by atoms with van der Waals surface area (Å²) in [6.07, 6.45) is 6.40. The summed E-state index contributed by atoms with van der Waals surface area (Å²) < 4.78 is 18.7. The van der Waals surface area contributed by atoms with E-state index in [1.54, 1.807) is 0 Å². The average molecular weight is 278 g/mol. The smallest absolute Gasteiger partial charge is 0.336 e. The maximum absolute atomic E-state index is 13.1. The van der Waals surface area contributed by atoms with Crippen molar-refractivity contribution in [1.29, 1.82) is 0 Å². The van der Waals surface area contributed by atoms with Crippen molar-refractivity contribution < 1.29 is 19.0 Å². The number of hydrogen-bond acceptors (Lipinski definition) is 2. The minimum Gasteiger partial charge on any atom is -0.478 e. The Hall–Kier alpha value is -1.68. The Morgan fingerprint density at radius 1 is 1.40 bits per heavy atom. The molecule has 0 bridgehead atoms. The van der Waals surface area contributed by atoms with Gasteiger partial charge in [-0.15, -0.1) is 0 Å². The molecular weight excluding hydrogens is 259 g/mol. The first-order valence-corrected chi connectivity index (χ1v) is 6.82. The molecule has 0 spiro atoms. The second kappa shape index (κ2) is 6.66. The van der Waals surface area contributed by atoms with Crippen LogP contribution in [0.15, 0.2) is 30.4 Å². The molecule has 1 aromatic rings. The number of ether oxygens (including phenoxy) is 1. The zero-order valence-corrected chi connectivity index (χ0v) is 11.5. The van der Waals surface area contributed by atoms with Crippen LogP contribution in [-0.4, -0.2) is 17.7 Å². The molecule has 1 N–H and O–H groups in total. The molecule has 0 fully saturated rings. The number of aromatic carboxylic acids is 1. The molecule has 1 aliphatic rings. The normalized spacial score (nSPS) is 21.9. The van der Waals surface area contributed by atoms with Gasteiger partial charge in [-0.1, -0.05) is 25.1 Å². The lowest BCUT2D eigenvalue weighted by molar-refractivity contribution is 0.0626. The monoisotopic (exact) mass is 278 g/mol. The van der Waals surface area contributed by atoms with Crippen LogP contribution in [0.25, 0.3) is 0 Å². The highest BCUT2D eigenvalue weighted by Crippen LogP contribution is 2.25. The van der Waals surface area contributed by atoms with Crippen molar-refractivity contribution in [2.24, 2.45) is 11.8 Å². The summed E-state index contributed by atoms with van der Waals surface area (Å²) in [5.41, 5.74) is 0.486. The Morgan fingerprint density at radius 2 is 2.15 bits per heavy atom. The number of carboxylic acids is 1. The van der Waals surface area contributed by atoms with Crippen molar-refractivity contribution in [2.75, 3.05) is 6.61 Å². The number of halogens is 1. The second-order valence-corrected chi connectivity index (χ2v) is 5.30. The standard InChI is InChI=1S/C16H19FO3/c1-11-4-2-3-5-12(11)9-20-10-13-6-7-14(17)8-15(13)16(18)19/h2-3,6-8,11-12H,4-5,9-10H2,1H3,(H,18,19). The largest absolute Gasteiger partial charge is 0.478 e. The van der Waals surface area contributed by atoms with Gasteiger partial charge in [0.05, 0.1) is 18.8 Å². The predicted octanol–water partition coefficient (Wildman–Crippen LogP) is 3.64. The van der Waals surface area contributed by atoms with Crippen molar-refractivity contribution in [3.8, 4) is 0 Å². The summed E-state index contributed by atoms with van der Waals surface area (Å²) in [5, 5.41) is 9.05. The lowest BCUT2D eigenvalue weighted by atomic mass is 9.85. The fraction of sp³-hybridized carbons (Fsp3) is 0.438. The Morgan fingerprint density at radius 3 is 2.85 bits per heavy atom. The van der Waals surface area contributed by atoms with Gasteiger partial charge in [-0.3, -0.25) is 0 Å². The third-order valence-electron chi connectivity index (χ3n) is 3.81. The second-order valence-electron chi connectivity index (χ2n) is 5.30. The van der Waals surface area contributed by atoms with Crippen LogP contribution in [-0.2, 0) is 11.3 Å². The van der Waals surface area contributed by atoms with Crippen molar-refractivity contribution >= 4 is 5.97 Å². The molecule has 0 heterocycles. The number of rotatable bonds is 5. The molecule has 2 rings (SSSR count). The van der Waals surface area contributed by atoms with Crippen LogP contribution in [0.3, 0.4) is 0 Å². The van der Waals surface area contributed by atoms with E-state index in [-0.39, 0.29) is 12.2 Å². The van der Waals surface area contributed by atoms with E-state index in [4.69, 9.17) is 9.84 Å². The molecule has 0 aliphatic heterocycles. The van der Waals surface area contributed by atoms with E-state index in [0.717, 1.165) is 18.9 Å². The van der Waals surface area contributed by atoms with Gasteiger partial charge in [0.1, 0.15) is 5.82 Å². The molecular formula is C16H19FO3. The molecule has 4 heteroatoms. The minimum atomic E-state index is -1.13. The molecule has 0 saturated carbocycles. The topological polar surface area (TPSA) is 46.5 Å². The van der Waals surface area contributed by atoms with Gasteiger partial charge in [0.2, 0.25) is 0 Å². The van der Waals surface area contributed by atoms with Gasteiger partial charge < -0.3 is 9.84 Å². The molecule has 1 aliphatic carbocycles. The molecule has 0 radical (unpaired) electrons. The first-order valence-electron chi connectivity index (χ1n) is 6.82. The maximum Gasteiger partial charge on any atom is 0.336 e. The van der Waals surface area contributed by atoms with Gasteiger partial charge in [-0.05, 0) is 42.4 Å². The van der Waals surface area contributed by atoms with E-state index in [9.17, 15) is 9.18 Å². The van der Waals surface area contributed by atoms with Gasteiger partial charge in [-0.25, -0.2) is 9.18 Å². The molecule has 0 aromatic heterocycles. The summed E-state index contributed by atoms with van der Waals surface area (Å²) >= 11 is 0. The van der Waals surface area contributed by atoms with Gasteiger partial charge in [0.25, 0.3) is 0 Å². The lowest BCUT2D eigenvalue weighted by Gasteiger charge is -2.25.